The summed E-state index contributed by atoms with van der Waals surface area (Å²) in [5, 5.41) is 11.4. The fourth-order valence-electron chi connectivity index (χ4n) is 1.51. The van der Waals surface area contributed by atoms with Gasteiger partial charge in [-0.05, 0) is 52.3 Å². The Labute approximate surface area is 117 Å². The van der Waals surface area contributed by atoms with E-state index in [0.717, 1.165) is 6.07 Å². The Morgan fingerprint density at radius 3 is 2.74 bits per heavy atom. The van der Waals surface area contributed by atoms with E-state index in [-0.39, 0.29) is 5.56 Å². The Morgan fingerprint density at radius 2 is 2.05 bits per heavy atom. The Balaban J connectivity index is 2.21. The van der Waals surface area contributed by atoms with Crippen LogP contribution in [0.15, 0.2) is 46.9 Å². The van der Waals surface area contributed by atoms with E-state index >= 15 is 0 Å². The minimum absolute atomic E-state index is 0.211. The van der Waals surface area contributed by atoms with Crippen LogP contribution in [0.5, 0.6) is 0 Å². The first-order valence-electron chi connectivity index (χ1n) is 5.37. The number of hydrogen-bond donors (Lipinski definition) is 1. The van der Waals surface area contributed by atoms with Crippen molar-refractivity contribution in [1.82, 2.24) is 0 Å². The molecule has 2 aromatic carbocycles. The van der Waals surface area contributed by atoms with Crippen molar-refractivity contribution in [2.75, 3.05) is 5.32 Å². The van der Waals surface area contributed by atoms with Crippen molar-refractivity contribution in [3.8, 4) is 6.07 Å². The summed E-state index contributed by atoms with van der Waals surface area (Å²) in [6.45, 7) is 0. The minimum atomic E-state index is -0.501. The molecular weight excluding hydrogens is 311 g/mol. The first-order valence-corrected chi connectivity index (χ1v) is 6.16. The van der Waals surface area contributed by atoms with Gasteiger partial charge in [-0.15, -0.1) is 0 Å². The molecule has 0 aliphatic heterocycles. The van der Waals surface area contributed by atoms with E-state index in [1.165, 1.54) is 12.1 Å². The lowest BCUT2D eigenvalue weighted by Crippen LogP contribution is -2.12. The summed E-state index contributed by atoms with van der Waals surface area (Å²) in [6.07, 6.45) is 0. The molecule has 0 unspecified atom stereocenters. The van der Waals surface area contributed by atoms with E-state index in [4.69, 9.17) is 5.26 Å². The van der Waals surface area contributed by atoms with E-state index in [1.54, 1.807) is 24.3 Å². The summed E-state index contributed by atoms with van der Waals surface area (Å²) in [5.41, 5.74) is 1.15. The highest BCUT2D eigenvalue weighted by Gasteiger charge is 2.09. The van der Waals surface area contributed by atoms with Crippen LogP contribution in [0.1, 0.15) is 15.9 Å². The quantitative estimate of drug-likeness (QED) is 0.917. The van der Waals surface area contributed by atoms with Crippen LogP contribution in [0.3, 0.4) is 0 Å². The molecular formula is C14H8BrFN2O. The van der Waals surface area contributed by atoms with Crippen molar-refractivity contribution < 1.29 is 9.18 Å². The van der Waals surface area contributed by atoms with Gasteiger partial charge in [0.25, 0.3) is 5.91 Å². The average molecular weight is 319 g/mol. The van der Waals surface area contributed by atoms with E-state index in [2.05, 4.69) is 21.2 Å². The molecule has 5 heteroatoms. The molecule has 0 bridgehead atoms. The first kappa shape index (κ1) is 13.2. The predicted octanol–water partition coefficient (Wildman–Crippen LogP) is 3.71. The molecule has 2 rings (SSSR count). The van der Waals surface area contributed by atoms with Gasteiger partial charge in [0.2, 0.25) is 0 Å². The van der Waals surface area contributed by atoms with Crippen LogP contribution in [0, 0.1) is 17.1 Å². The van der Waals surface area contributed by atoms with Gasteiger partial charge in [0.1, 0.15) is 5.82 Å². The van der Waals surface area contributed by atoms with Crippen molar-refractivity contribution in [1.29, 1.82) is 5.26 Å². The second-order valence-electron chi connectivity index (χ2n) is 3.78. The van der Waals surface area contributed by atoms with E-state index in [9.17, 15) is 9.18 Å². The number of carbonyl (C=O) groups excluding carboxylic acids is 1. The molecule has 0 radical (unpaired) electrons. The van der Waals surface area contributed by atoms with Crippen LogP contribution in [-0.4, -0.2) is 5.91 Å². The molecule has 0 aliphatic rings. The van der Waals surface area contributed by atoms with Crippen LogP contribution in [-0.2, 0) is 0 Å². The van der Waals surface area contributed by atoms with Crippen molar-refractivity contribution in [3.05, 3.63) is 63.9 Å². The van der Waals surface area contributed by atoms with Gasteiger partial charge in [0, 0.05) is 11.3 Å². The lowest BCUT2D eigenvalue weighted by molar-refractivity contribution is 0.102. The summed E-state index contributed by atoms with van der Waals surface area (Å²) in [6, 6.07) is 12.6. The molecule has 0 atom stereocenters. The Bertz CT molecular complexity index is 679. The van der Waals surface area contributed by atoms with Gasteiger partial charge in [-0.1, -0.05) is 6.07 Å². The predicted molar refractivity (Wildman–Crippen MR) is 73.2 cm³/mol. The van der Waals surface area contributed by atoms with Crippen LogP contribution in [0.25, 0.3) is 0 Å². The molecule has 94 valence electrons. The van der Waals surface area contributed by atoms with Crippen molar-refractivity contribution >= 4 is 27.5 Å². The number of carbonyl (C=O) groups is 1. The van der Waals surface area contributed by atoms with Gasteiger partial charge in [0.05, 0.1) is 16.1 Å². The highest BCUT2D eigenvalue weighted by molar-refractivity contribution is 9.10. The highest BCUT2D eigenvalue weighted by Crippen LogP contribution is 2.17. The zero-order chi connectivity index (χ0) is 13.8. The van der Waals surface area contributed by atoms with Crippen molar-refractivity contribution in [2.45, 2.75) is 0 Å². The molecule has 3 nitrogen and oxygen atoms in total. The van der Waals surface area contributed by atoms with Gasteiger partial charge in [0.15, 0.2) is 0 Å². The third kappa shape index (κ3) is 3.18. The standard InChI is InChI=1S/C14H8BrFN2O/c15-12-5-4-10(7-13(12)16)14(19)18-11-3-1-2-9(6-11)8-17/h1-7H,(H,18,19). The number of amides is 1. The highest BCUT2D eigenvalue weighted by atomic mass is 79.9. The Morgan fingerprint density at radius 1 is 1.26 bits per heavy atom. The van der Waals surface area contributed by atoms with Gasteiger partial charge >= 0.3 is 0 Å². The molecule has 0 aliphatic carbocycles. The Kier molecular flexibility index (Phi) is 3.93. The zero-order valence-electron chi connectivity index (χ0n) is 9.65. The SMILES string of the molecule is N#Cc1cccc(NC(=O)c2ccc(Br)c(F)c2)c1. The molecule has 0 aromatic heterocycles. The second kappa shape index (κ2) is 5.63. The number of rotatable bonds is 2. The van der Waals surface area contributed by atoms with E-state index in [1.807, 2.05) is 6.07 Å². The lowest BCUT2D eigenvalue weighted by Gasteiger charge is -2.06. The zero-order valence-corrected chi connectivity index (χ0v) is 11.2. The van der Waals surface area contributed by atoms with Gasteiger partial charge < -0.3 is 5.32 Å². The number of hydrogen-bond acceptors (Lipinski definition) is 2. The van der Waals surface area contributed by atoms with Crippen molar-refractivity contribution in [3.63, 3.8) is 0 Å². The monoisotopic (exact) mass is 318 g/mol. The largest absolute Gasteiger partial charge is 0.322 e. The summed E-state index contributed by atoms with van der Waals surface area (Å²) in [7, 11) is 0. The molecule has 0 saturated heterocycles. The number of nitriles is 1. The molecule has 1 amide bonds. The minimum Gasteiger partial charge on any atom is -0.322 e. The average Bonchev–Trinajstić information content (AvgIpc) is 2.42. The van der Waals surface area contributed by atoms with Gasteiger partial charge in [-0.3, -0.25) is 4.79 Å². The summed E-state index contributed by atoms with van der Waals surface area (Å²) < 4.78 is 13.6. The summed E-state index contributed by atoms with van der Waals surface area (Å²) in [5.74, 6) is -0.931. The maximum Gasteiger partial charge on any atom is 0.255 e. The number of halogens is 2. The normalized spacial score (nSPS) is 9.74. The van der Waals surface area contributed by atoms with Crippen LogP contribution >= 0.6 is 15.9 Å². The third-order valence-corrected chi connectivity index (χ3v) is 3.07. The second-order valence-corrected chi connectivity index (χ2v) is 4.63. The fourth-order valence-corrected chi connectivity index (χ4v) is 1.75. The smallest absolute Gasteiger partial charge is 0.255 e. The van der Waals surface area contributed by atoms with Gasteiger partial charge in [-0.2, -0.15) is 5.26 Å². The lowest BCUT2D eigenvalue weighted by atomic mass is 10.2. The topological polar surface area (TPSA) is 52.9 Å². The fraction of sp³-hybridized carbons (Fsp3) is 0. The summed E-state index contributed by atoms with van der Waals surface area (Å²) in [4.78, 5) is 11.9. The van der Waals surface area contributed by atoms with E-state index < -0.39 is 11.7 Å². The molecule has 2 aromatic rings. The molecule has 0 saturated carbocycles. The van der Waals surface area contributed by atoms with Crippen LogP contribution in [0.4, 0.5) is 10.1 Å². The number of benzene rings is 2. The Hall–Kier alpha value is -2.19. The molecule has 0 heterocycles. The first-order chi connectivity index (χ1) is 9.10. The summed E-state index contributed by atoms with van der Waals surface area (Å²) >= 11 is 3.02. The van der Waals surface area contributed by atoms with Gasteiger partial charge in [-0.25, -0.2) is 4.39 Å². The van der Waals surface area contributed by atoms with Crippen molar-refractivity contribution in [2.24, 2.45) is 0 Å². The molecule has 1 N–H and O–H groups in total. The third-order valence-electron chi connectivity index (χ3n) is 2.43. The maximum atomic E-state index is 13.3. The van der Waals surface area contributed by atoms with E-state index in [0.29, 0.717) is 15.7 Å². The molecule has 19 heavy (non-hydrogen) atoms. The number of nitrogens with one attached hydrogen (secondary N) is 1. The van der Waals surface area contributed by atoms with Crippen LogP contribution in [0.2, 0.25) is 0 Å². The molecule has 0 fully saturated rings. The number of anilines is 1. The van der Waals surface area contributed by atoms with Crippen LogP contribution < -0.4 is 5.32 Å². The number of nitrogens with zero attached hydrogens (tertiary/aromatic N) is 1. The molecule has 0 spiro atoms. The maximum absolute atomic E-state index is 13.3.